The monoisotopic (exact) mass is 342 g/mol. The van der Waals surface area contributed by atoms with Crippen molar-refractivity contribution in [2.24, 2.45) is 5.92 Å². The summed E-state index contributed by atoms with van der Waals surface area (Å²) in [5.74, 6) is 0.274. The highest BCUT2D eigenvalue weighted by Crippen LogP contribution is 2.22. The second-order valence-electron chi connectivity index (χ2n) is 5.39. The predicted molar refractivity (Wildman–Crippen MR) is 90.4 cm³/mol. The van der Waals surface area contributed by atoms with Crippen LogP contribution in [0.1, 0.15) is 5.56 Å². The molecule has 22 heavy (non-hydrogen) atoms. The summed E-state index contributed by atoms with van der Waals surface area (Å²) < 4.78 is 0. The van der Waals surface area contributed by atoms with Crippen LogP contribution >= 0.6 is 24.0 Å². The van der Waals surface area contributed by atoms with E-state index in [1.807, 2.05) is 30.5 Å². The molecule has 2 heterocycles. The van der Waals surface area contributed by atoms with Crippen molar-refractivity contribution in [3.63, 3.8) is 0 Å². The van der Waals surface area contributed by atoms with E-state index in [9.17, 15) is 5.11 Å². The molecule has 0 aliphatic carbocycles. The molecule has 0 radical (unpaired) electrons. The van der Waals surface area contributed by atoms with Crippen LogP contribution in [0.2, 0.25) is 5.02 Å². The number of aliphatic hydroxyl groups excluding tert-OH is 1. The second kappa shape index (κ2) is 7.94. The van der Waals surface area contributed by atoms with Gasteiger partial charge in [-0.1, -0.05) is 23.7 Å². The highest BCUT2D eigenvalue weighted by Gasteiger charge is 2.24. The lowest BCUT2D eigenvalue weighted by Crippen LogP contribution is -2.30. The van der Waals surface area contributed by atoms with Crippen LogP contribution in [0.4, 0.5) is 0 Å². The number of rotatable bonds is 5. The number of benzene rings is 1. The van der Waals surface area contributed by atoms with Gasteiger partial charge in [-0.3, -0.25) is 5.10 Å². The van der Waals surface area contributed by atoms with Gasteiger partial charge in [0.15, 0.2) is 0 Å². The van der Waals surface area contributed by atoms with Gasteiger partial charge in [0.2, 0.25) is 0 Å². The fourth-order valence-corrected chi connectivity index (χ4v) is 2.76. The number of hydrogen-bond donors (Lipinski definition) is 4. The molecule has 0 bridgehead atoms. The van der Waals surface area contributed by atoms with Crippen LogP contribution in [0.5, 0.6) is 0 Å². The molecule has 7 heteroatoms. The van der Waals surface area contributed by atoms with Gasteiger partial charge in [-0.05, 0) is 17.7 Å². The summed E-state index contributed by atoms with van der Waals surface area (Å²) in [6.45, 7) is 3.06. The summed E-state index contributed by atoms with van der Waals surface area (Å²) in [5.41, 5.74) is 3.18. The molecule has 120 valence electrons. The summed E-state index contributed by atoms with van der Waals surface area (Å²) in [5, 5.41) is 24.2. The number of β-amino-alcohol motifs (C(OH)–C–C–N with tert-alkyl or cyclic N) is 1. The van der Waals surface area contributed by atoms with E-state index in [4.69, 9.17) is 11.6 Å². The number of halogens is 2. The summed E-state index contributed by atoms with van der Waals surface area (Å²) in [6.07, 6.45) is 1.58. The van der Waals surface area contributed by atoms with Gasteiger partial charge in [-0.2, -0.15) is 5.10 Å². The van der Waals surface area contributed by atoms with E-state index in [2.05, 4.69) is 20.8 Å². The van der Waals surface area contributed by atoms with Crippen molar-refractivity contribution in [3.8, 4) is 11.3 Å². The van der Waals surface area contributed by atoms with Crippen LogP contribution in [-0.2, 0) is 6.54 Å². The quantitative estimate of drug-likeness (QED) is 0.668. The lowest BCUT2D eigenvalue weighted by molar-refractivity contribution is 0.146. The third kappa shape index (κ3) is 4.00. The Morgan fingerprint density at radius 2 is 2.05 bits per heavy atom. The Balaban J connectivity index is 0.00000176. The fraction of sp³-hybridized carbons (Fsp3) is 0.400. The molecule has 1 aliphatic heterocycles. The van der Waals surface area contributed by atoms with E-state index in [1.165, 1.54) is 0 Å². The number of H-pyrrole nitrogens is 1. The zero-order chi connectivity index (χ0) is 14.7. The highest BCUT2D eigenvalue weighted by atomic mass is 35.5. The van der Waals surface area contributed by atoms with Gasteiger partial charge in [0.25, 0.3) is 0 Å². The number of nitrogens with one attached hydrogen (secondary N) is 3. The van der Waals surface area contributed by atoms with Gasteiger partial charge in [-0.25, -0.2) is 0 Å². The van der Waals surface area contributed by atoms with Gasteiger partial charge in [-0.15, -0.1) is 12.4 Å². The van der Waals surface area contributed by atoms with E-state index in [0.29, 0.717) is 6.54 Å². The molecule has 2 aromatic rings. The van der Waals surface area contributed by atoms with Crippen LogP contribution in [0, 0.1) is 5.92 Å². The number of aromatic nitrogens is 2. The first-order valence-corrected chi connectivity index (χ1v) is 7.49. The van der Waals surface area contributed by atoms with E-state index >= 15 is 0 Å². The maximum Gasteiger partial charge on any atom is 0.0716 e. The van der Waals surface area contributed by atoms with Crippen molar-refractivity contribution < 1.29 is 5.11 Å². The number of aromatic amines is 1. The summed E-state index contributed by atoms with van der Waals surface area (Å²) in [4.78, 5) is 0. The molecule has 1 saturated heterocycles. The molecule has 1 aromatic heterocycles. The summed E-state index contributed by atoms with van der Waals surface area (Å²) in [6, 6.07) is 7.69. The average Bonchev–Trinajstić information content (AvgIpc) is 3.10. The van der Waals surface area contributed by atoms with Crippen molar-refractivity contribution in [2.45, 2.75) is 12.6 Å². The molecular weight excluding hydrogens is 323 g/mol. The van der Waals surface area contributed by atoms with Crippen LogP contribution in [0.25, 0.3) is 11.3 Å². The Morgan fingerprint density at radius 3 is 2.73 bits per heavy atom. The SMILES string of the molecule is Cl.OC1CNCC1CNCc1cn[nH]c1-c1ccc(Cl)cc1. The molecule has 1 fully saturated rings. The van der Waals surface area contributed by atoms with Crippen LogP contribution in [-0.4, -0.2) is 41.0 Å². The van der Waals surface area contributed by atoms with E-state index in [0.717, 1.165) is 41.5 Å². The Labute approximate surface area is 140 Å². The molecule has 2 atom stereocenters. The molecule has 0 saturated carbocycles. The minimum atomic E-state index is -0.252. The van der Waals surface area contributed by atoms with Crippen LogP contribution in [0.3, 0.4) is 0 Å². The van der Waals surface area contributed by atoms with E-state index < -0.39 is 0 Å². The van der Waals surface area contributed by atoms with E-state index in [-0.39, 0.29) is 24.4 Å². The second-order valence-corrected chi connectivity index (χ2v) is 5.83. The van der Waals surface area contributed by atoms with Crippen molar-refractivity contribution in [2.75, 3.05) is 19.6 Å². The normalized spacial score (nSPS) is 20.8. The van der Waals surface area contributed by atoms with Gasteiger partial charge in [0.05, 0.1) is 18.0 Å². The number of aliphatic hydroxyl groups is 1. The Bertz CT molecular complexity index is 587. The van der Waals surface area contributed by atoms with Crippen molar-refractivity contribution in [1.29, 1.82) is 0 Å². The first-order chi connectivity index (χ1) is 10.2. The van der Waals surface area contributed by atoms with Crippen LogP contribution < -0.4 is 10.6 Å². The fourth-order valence-electron chi connectivity index (χ4n) is 2.63. The first kappa shape index (κ1) is 17.2. The number of hydrogen-bond acceptors (Lipinski definition) is 4. The molecule has 2 unspecified atom stereocenters. The molecule has 0 spiro atoms. The van der Waals surface area contributed by atoms with Gasteiger partial charge in [0, 0.05) is 42.7 Å². The average molecular weight is 343 g/mol. The topological polar surface area (TPSA) is 73.0 Å². The molecule has 3 rings (SSSR count). The Hall–Kier alpha value is -1.11. The first-order valence-electron chi connectivity index (χ1n) is 7.11. The summed E-state index contributed by atoms with van der Waals surface area (Å²) in [7, 11) is 0. The minimum Gasteiger partial charge on any atom is -0.391 e. The largest absolute Gasteiger partial charge is 0.391 e. The molecule has 5 nitrogen and oxygen atoms in total. The third-order valence-electron chi connectivity index (χ3n) is 3.88. The predicted octanol–water partition coefficient (Wildman–Crippen LogP) is 1.82. The minimum absolute atomic E-state index is 0. The highest BCUT2D eigenvalue weighted by molar-refractivity contribution is 6.30. The molecule has 1 aromatic carbocycles. The maximum absolute atomic E-state index is 9.77. The molecule has 0 amide bonds. The van der Waals surface area contributed by atoms with Gasteiger partial charge >= 0.3 is 0 Å². The lowest BCUT2D eigenvalue weighted by atomic mass is 10.1. The zero-order valence-corrected chi connectivity index (χ0v) is 13.6. The summed E-state index contributed by atoms with van der Waals surface area (Å²) >= 11 is 5.92. The van der Waals surface area contributed by atoms with Gasteiger partial charge in [0.1, 0.15) is 0 Å². The third-order valence-corrected chi connectivity index (χ3v) is 4.13. The molecule has 4 N–H and O–H groups in total. The van der Waals surface area contributed by atoms with Crippen molar-refractivity contribution in [1.82, 2.24) is 20.8 Å². The number of nitrogens with zero attached hydrogens (tertiary/aromatic N) is 1. The maximum atomic E-state index is 9.77. The zero-order valence-electron chi connectivity index (χ0n) is 12.1. The lowest BCUT2D eigenvalue weighted by Gasteiger charge is -2.14. The van der Waals surface area contributed by atoms with E-state index in [1.54, 1.807) is 0 Å². The Kier molecular flexibility index (Phi) is 6.23. The van der Waals surface area contributed by atoms with Crippen molar-refractivity contribution >= 4 is 24.0 Å². The van der Waals surface area contributed by atoms with Gasteiger partial charge < -0.3 is 15.7 Å². The smallest absolute Gasteiger partial charge is 0.0716 e. The molecular formula is C15H20Cl2N4O. The van der Waals surface area contributed by atoms with Crippen LogP contribution in [0.15, 0.2) is 30.5 Å². The Morgan fingerprint density at radius 1 is 1.27 bits per heavy atom. The standard InChI is InChI=1S/C15H19ClN4O.ClH/c16-13-3-1-10(2-4-13)15-12(8-19-20-15)7-17-5-11-6-18-9-14(11)21;/h1-4,8,11,14,17-18,21H,5-7,9H2,(H,19,20);1H. The van der Waals surface area contributed by atoms with Crippen molar-refractivity contribution in [3.05, 3.63) is 41.0 Å². The molecule has 1 aliphatic rings.